The van der Waals surface area contributed by atoms with Crippen LogP contribution in [0.5, 0.6) is 0 Å². The summed E-state index contributed by atoms with van der Waals surface area (Å²) in [4.78, 5) is 4.89. The van der Waals surface area contributed by atoms with Crippen LogP contribution in [-0.2, 0) is 0 Å². The molecule has 0 spiro atoms. The van der Waals surface area contributed by atoms with Crippen LogP contribution in [-0.4, -0.2) is 16.1 Å². The van der Waals surface area contributed by atoms with Crippen LogP contribution in [0.15, 0.2) is 18.2 Å². The molecule has 2 heterocycles. The van der Waals surface area contributed by atoms with Gasteiger partial charge >= 0.3 is 0 Å². The molecule has 108 valence electrons. The summed E-state index contributed by atoms with van der Waals surface area (Å²) < 4.78 is 2.33. The summed E-state index contributed by atoms with van der Waals surface area (Å²) in [5, 5.41) is 4.41. The van der Waals surface area contributed by atoms with Crippen LogP contribution in [0.1, 0.15) is 51.5 Å². The quantitative estimate of drug-likeness (QED) is 0.892. The molecule has 1 saturated heterocycles. The van der Waals surface area contributed by atoms with Gasteiger partial charge in [0.15, 0.2) is 0 Å². The Morgan fingerprint density at radius 3 is 2.90 bits per heavy atom. The van der Waals surface area contributed by atoms with Crippen LogP contribution >= 0.6 is 11.6 Å². The first kappa shape index (κ1) is 13.9. The van der Waals surface area contributed by atoms with Gasteiger partial charge in [0.1, 0.15) is 5.82 Å². The van der Waals surface area contributed by atoms with Crippen molar-refractivity contribution in [3.8, 4) is 0 Å². The second-order valence-corrected chi connectivity index (χ2v) is 6.55. The van der Waals surface area contributed by atoms with Crippen molar-refractivity contribution in [2.45, 2.75) is 45.7 Å². The molecule has 1 aliphatic rings. The minimum absolute atomic E-state index is 0.345. The van der Waals surface area contributed by atoms with E-state index in [9.17, 15) is 0 Å². The number of rotatable bonds is 2. The first-order valence-electron chi connectivity index (χ1n) is 7.48. The molecule has 2 aromatic rings. The topological polar surface area (TPSA) is 29.9 Å². The third-order valence-corrected chi connectivity index (χ3v) is 4.48. The summed E-state index contributed by atoms with van der Waals surface area (Å²) in [5.41, 5.74) is 2.18. The summed E-state index contributed by atoms with van der Waals surface area (Å²) >= 11 is 6.16. The van der Waals surface area contributed by atoms with Gasteiger partial charge < -0.3 is 9.88 Å². The summed E-state index contributed by atoms with van der Waals surface area (Å²) in [6, 6.07) is 6.69. The smallest absolute Gasteiger partial charge is 0.127 e. The second kappa shape index (κ2) is 5.38. The maximum atomic E-state index is 6.16. The Balaban J connectivity index is 2.16. The molecule has 1 aromatic carbocycles. The number of nitrogens with one attached hydrogen (secondary N) is 1. The Labute approximate surface area is 125 Å². The van der Waals surface area contributed by atoms with Crippen molar-refractivity contribution >= 4 is 22.6 Å². The summed E-state index contributed by atoms with van der Waals surface area (Å²) in [6.07, 6.45) is 2.52. The molecule has 3 nitrogen and oxygen atoms in total. The van der Waals surface area contributed by atoms with Crippen LogP contribution in [0.2, 0.25) is 5.02 Å². The van der Waals surface area contributed by atoms with Gasteiger partial charge in [0.25, 0.3) is 0 Å². The highest BCUT2D eigenvalue weighted by molar-refractivity contribution is 6.31. The van der Waals surface area contributed by atoms with E-state index in [0.717, 1.165) is 28.4 Å². The minimum Gasteiger partial charge on any atom is -0.324 e. The Bertz CT molecular complexity index is 617. The molecule has 0 saturated carbocycles. The number of aromatic nitrogens is 2. The van der Waals surface area contributed by atoms with E-state index >= 15 is 0 Å². The van der Waals surface area contributed by atoms with Crippen molar-refractivity contribution in [3.63, 3.8) is 0 Å². The maximum absolute atomic E-state index is 6.16. The Morgan fingerprint density at radius 2 is 2.20 bits per heavy atom. The molecule has 1 fully saturated rings. The number of benzene rings is 1. The molecule has 0 radical (unpaired) electrons. The van der Waals surface area contributed by atoms with Crippen LogP contribution in [0.25, 0.3) is 11.0 Å². The van der Waals surface area contributed by atoms with E-state index in [1.807, 2.05) is 18.2 Å². The van der Waals surface area contributed by atoms with E-state index in [-0.39, 0.29) is 0 Å². The highest BCUT2D eigenvalue weighted by atomic mass is 35.5. The van der Waals surface area contributed by atoms with Crippen LogP contribution in [0.3, 0.4) is 0 Å². The number of halogens is 1. The van der Waals surface area contributed by atoms with Gasteiger partial charge in [-0.25, -0.2) is 4.98 Å². The fraction of sp³-hybridized carbons (Fsp3) is 0.562. The first-order chi connectivity index (χ1) is 9.58. The van der Waals surface area contributed by atoms with Crippen molar-refractivity contribution in [1.82, 2.24) is 14.9 Å². The molecule has 20 heavy (non-hydrogen) atoms. The Morgan fingerprint density at radius 1 is 1.40 bits per heavy atom. The molecule has 0 amide bonds. The van der Waals surface area contributed by atoms with Crippen LogP contribution in [0.4, 0.5) is 0 Å². The molecule has 0 bridgehead atoms. The third-order valence-electron chi connectivity index (χ3n) is 4.24. The number of hydrogen-bond donors (Lipinski definition) is 1. The van der Waals surface area contributed by atoms with Crippen molar-refractivity contribution in [2.75, 3.05) is 6.54 Å². The van der Waals surface area contributed by atoms with Crippen molar-refractivity contribution < 1.29 is 0 Å². The lowest BCUT2D eigenvalue weighted by Crippen LogP contribution is -2.35. The molecular formula is C16H22ClN3. The van der Waals surface area contributed by atoms with Gasteiger partial charge in [0.05, 0.1) is 17.1 Å². The van der Waals surface area contributed by atoms with E-state index < -0.39 is 0 Å². The monoisotopic (exact) mass is 291 g/mol. The molecule has 1 aromatic heterocycles. The fourth-order valence-electron chi connectivity index (χ4n) is 3.24. The number of nitrogens with zero attached hydrogens (tertiary/aromatic N) is 2. The first-order valence-corrected chi connectivity index (χ1v) is 7.86. The zero-order chi connectivity index (χ0) is 14.3. The summed E-state index contributed by atoms with van der Waals surface area (Å²) in [6.45, 7) is 7.81. The molecule has 2 unspecified atom stereocenters. The average Bonchev–Trinajstić information content (AvgIpc) is 2.77. The van der Waals surface area contributed by atoms with Crippen LogP contribution in [0, 0.1) is 5.92 Å². The standard InChI is InChI=1S/C16H22ClN3/c1-10(2)20-14-9-12(17)6-7-13(14)19-16(20)15-11(3)5-4-8-18-15/h6-7,9-11,15,18H,4-5,8H2,1-3H3. The Hall–Kier alpha value is -1.06. The van der Waals surface area contributed by atoms with E-state index in [0.29, 0.717) is 18.0 Å². The lowest BCUT2D eigenvalue weighted by molar-refractivity contribution is 0.286. The largest absolute Gasteiger partial charge is 0.324 e. The molecular weight excluding hydrogens is 270 g/mol. The van der Waals surface area contributed by atoms with Gasteiger partial charge in [-0.3, -0.25) is 0 Å². The third kappa shape index (κ3) is 2.33. The van der Waals surface area contributed by atoms with Crippen molar-refractivity contribution in [1.29, 1.82) is 0 Å². The van der Waals surface area contributed by atoms with E-state index in [1.165, 1.54) is 12.8 Å². The normalized spacial score (nSPS) is 23.6. The predicted octanol–water partition coefficient (Wildman–Crippen LogP) is 4.33. The van der Waals surface area contributed by atoms with Gasteiger partial charge in [-0.15, -0.1) is 0 Å². The maximum Gasteiger partial charge on any atom is 0.127 e. The molecule has 1 aliphatic heterocycles. The summed E-state index contributed by atoms with van der Waals surface area (Å²) in [7, 11) is 0. The second-order valence-electron chi connectivity index (χ2n) is 6.12. The highest BCUT2D eigenvalue weighted by Gasteiger charge is 2.28. The number of hydrogen-bond acceptors (Lipinski definition) is 2. The molecule has 4 heteroatoms. The van der Waals surface area contributed by atoms with Crippen molar-refractivity contribution in [2.24, 2.45) is 5.92 Å². The minimum atomic E-state index is 0.345. The number of fused-ring (bicyclic) bond motifs is 1. The predicted molar refractivity (Wildman–Crippen MR) is 84.3 cm³/mol. The van der Waals surface area contributed by atoms with E-state index in [2.05, 4.69) is 30.7 Å². The van der Waals surface area contributed by atoms with E-state index in [1.54, 1.807) is 0 Å². The van der Waals surface area contributed by atoms with Gasteiger partial charge in [-0.05, 0) is 57.4 Å². The van der Waals surface area contributed by atoms with E-state index in [4.69, 9.17) is 16.6 Å². The number of imidazole rings is 1. The van der Waals surface area contributed by atoms with Gasteiger partial charge in [-0.1, -0.05) is 18.5 Å². The lowest BCUT2D eigenvalue weighted by atomic mass is 9.92. The zero-order valence-corrected chi connectivity index (χ0v) is 13.1. The molecule has 0 aliphatic carbocycles. The Kier molecular flexibility index (Phi) is 3.74. The molecule has 3 rings (SSSR count). The lowest BCUT2D eigenvalue weighted by Gasteiger charge is -2.30. The molecule has 2 atom stereocenters. The fourth-order valence-corrected chi connectivity index (χ4v) is 3.41. The van der Waals surface area contributed by atoms with Crippen molar-refractivity contribution in [3.05, 3.63) is 29.0 Å². The summed E-state index contributed by atoms with van der Waals surface area (Å²) in [5.74, 6) is 1.78. The molecule has 1 N–H and O–H groups in total. The zero-order valence-electron chi connectivity index (χ0n) is 12.4. The SMILES string of the molecule is CC1CCCNC1c1nc2ccc(Cl)cc2n1C(C)C. The van der Waals surface area contributed by atoms with Gasteiger partial charge in [0.2, 0.25) is 0 Å². The highest BCUT2D eigenvalue weighted by Crippen LogP contribution is 2.33. The number of piperidine rings is 1. The van der Waals surface area contributed by atoms with Gasteiger partial charge in [0, 0.05) is 11.1 Å². The van der Waals surface area contributed by atoms with Gasteiger partial charge in [-0.2, -0.15) is 0 Å². The average molecular weight is 292 g/mol. The van der Waals surface area contributed by atoms with Crippen LogP contribution < -0.4 is 5.32 Å².